The zero-order valence-corrected chi connectivity index (χ0v) is 13.2. The van der Waals surface area contributed by atoms with Crippen LogP contribution in [0.3, 0.4) is 0 Å². The smallest absolute Gasteiger partial charge is 0.216 e. The summed E-state index contributed by atoms with van der Waals surface area (Å²) in [5, 5.41) is 13.0. The summed E-state index contributed by atoms with van der Waals surface area (Å²) in [4.78, 5) is 0. The molecule has 0 aromatic heterocycles. The number of halogens is 3. The van der Waals surface area contributed by atoms with Crippen molar-refractivity contribution in [2.24, 2.45) is 0 Å². The lowest BCUT2D eigenvalue weighted by atomic mass is 9.97. The molecule has 0 amide bonds. The van der Waals surface area contributed by atoms with Crippen LogP contribution < -0.4 is 0 Å². The average molecular weight is 341 g/mol. The lowest BCUT2D eigenvalue weighted by Crippen LogP contribution is -2.21. The van der Waals surface area contributed by atoms with E-state index in [-0.39, 0.29) is 0 Å². The van der Waals surface area contributed by atoms with Crippen molar-refractivity contribution < 1.29 is 4.74 Å². The molecule has 1 aliphatic carbocycles. The van der Waals surface area contributed by atoms with Gasteiger partial charge in [-0.15, -0.1) is 0 Å². The van der Waals surface area contributed by atoms with Crippen molar-refractivity contribution in [1.82, 2.24) is 0 Å². The largest absolute Gasteiger partial charge is 0.618 e. The van der Waals surface area contributed by atoms with Gasteiger partial charge < -0.3 is 5.21 Å². The summed E-state index contributed by atoms with van der Waals surface area (Å²) < 4.78 is -0.153. The molecule has 2 aromatic rings. The van der Waals surface area contributed by atoms with Crippen LogP contribution in [0.4, 0.5) is 5.69 Å². The second kappa shape index (κ2) is 5.20. The second-order valence-corrected chi connectivity index (χ2v) is 7.07. The average Bonchev–Trinajstić information content (AvgIpc) is 3.03. The van der Waals surface area contributed by atoms with Crippen LogP contribution in [0.5, 0.6) is 0 Å². The fourth-order valence-corrected chi connectivity index (χ4v) is 3.30. The standard InChI is InChI=1S/C16H12Cl3NO/c17-13-6-8-14(9-7-13)20(21)11-15(10-16(15,18)19)12-4-2-1-3-5-12/h1-9,11H,10H2. The first kappa shape index (κ1) is 14.7. The minimum atomic E-state index is -0.955. The normalized spacial score (nSPS) is 23.9. The van der Waals surface area contributed by atoms with E-state index >= 15 is 0 Å². The van der Waals surface area contributed by atoms with Crippen LogP contribution in [-0.2, 0) is 5.41 Å². The minimum Gasteiger partial charge on any atom is -0.618 e. The molecule has 0 heterocycles. The fourth-order valence-electron chi connectivity index (χ4n) is 2.43. The van der Waals surface area contributed by atoms with Gasteiger partial charge in [-0.25, -0.2) is 0 Å². The van der Waals surface area contributed by atoms with Crippen LogP contribution in [0.25, 0.3) is 0 Å². The van der Waals surface area contributed by atoms with E-state index in [0.717, 1.165) is 10.3 Å². The van der Waals surface area contributed by atoms with Gasteiger partial charge >= 0.3 is 0 Å². The number of hydrogen-bond donors (Lipinski definition) is 0. The molecule has 1 unspecified atom stereocenters. The highest BCUT2D eigenvalue weighted by atomic mass is 35.5. The SMILES string of the molecule is [O-][N+](=CC1(c2ccccc2)CC1(Cl)Cl)c1ccc(Cl)cc1. The second-order valence-electron chi connectivity index (χ2n) is 5.15. The third-order valence-electron chi connectivity index (χ3n) is 3.74. The maximum atomic E-state index is 12.4. The summed E-state index contributed by atoms with van der Waals surface area (Å²) in [6.45, 7) is 0. The molecule has 1 saturated carbocycles. The van der Waals surface area contributed by atoms with Crippen molar-refractivity contribution in [3.63, 3.8) is 0 Å². The Morgan fingerprint density at radius 1 is 1.00 bits per heavy atom. The molecule has 0 spiro atoms. The third-order valence-corrected chi connectivity index (χ3v) is 4.93. The van der Waals surface area contributed by atoms with Gasteiger partial charge in [-0.3, -0.25) is 0 Å². The summed E-state index contributed by atoms with van der Waals surface area (Å²) in [7, 11) is 0. The zero-order valence-electron chi connectivity index (χ0n) is 11.0. The zero-order chi connectivity index (χ0) is 15.1. The monoisotopic (exact) mass is 339 g/mol. The molecule has 3 rings (SSSR count). The van der Waals surface area contributed by atoms with Crippen molar-refractivity contribution >= 4 is 46.7 Å². The van der Waals surface area contributed by atoms with Crippen molar-refractivity contribution in [2.75, 3.05) is 0 Å². The van der Waals surface area contributed by atoms with Gasteiger partial charge in [0.05, 0.1) is 0 Å². The Morgan fingerprint density at radius 2 is 1.57 bits per heavy atom. The molecule has 2 aromatic carbocycles. The molecule has 0 saturated heterocycles. The van der Waals surface area contributed by atoms with Crippen LogP contribution in [0.2, 0.25) is 5.02 Å². The third kappa shape index (κ3) is 2.64. The van der Waals surface area contributed by atoms with E-state index in [1.54, 1.807) is 30.5 Å². The van der Waals surface area contributed by atoms with Crippen LogP contribution in [0, 0.1) is 5.21 Å². The number of benzene rings is 2. The van der Waals surface area contributed by atoms with E-state index in [1.807, 2.05) is 30.3 Å². The quantitative estimate of drug-likeness (QED) is 0.252. The molecule has 0 bridgehead atoms. The highest BCUT2D eigenvalue weighted by Crippen LogP contribution is 2.63. The van der Waals surface area contributed by atoms with Gasteiger partial charge in [-0.2, -0.15) is 4.74 Å². The number of alkyl halides is 2. The van der Waals surface area contributed by atoms with Gasteiger partial charge in [-0.1, -0.05) is 65.1 Å². The topological polar surface area (TPSA) is 26.1 Å². The Kier molecular flexibility index (Phi) is 3.64. The molecule has 0 radical (unpaired) electrons. The lowest BCUT2D eigenvalue weighted by Gasteiger charge is -2.13. The van der Waals surface area contributed by atoms with E-state index in [0.29, 0.717) is 17.1 Å². The van der Waals surface area contributed by atoms with Gasteiger partial charge in [0.25, 0.3) is 0 Å². The molecule has 0 aliphatic heterocycles. The molecule has 1 fully saturated rings. The predicted octanol–water partition coefficient (Wildman–Crippen LogP) is 5.07. The van der Waals surface area contributed by atoms with Crippen molar-refractivity contribution in [1.29, 1.82) is 0 Å². The predicted molar refractivity (Wildman–Crippen MR) is 88.0 cm³/mol. The minimum absolute atomic E-state index is 0.491. The Bertz CT molecular complexity index is 682. The van der Waals surface area contributed by atoms with Crippen LogP contribution in [0.1, 0.15) is 12.0 Å². The van der Waals surface area contributed by atoms with E-state index in [1.165, 1.54) is 0 Å². The Hall–Kier alpha value is -1.22. The molecule has 0 N–H and O–H groups in total. The maximum absolute atomic E-state index is 12.4. The van der Waals surface area contributed by atoms with Gasteiger partial charge in [0.15, 0.2) is 6.21 Å². The molecular formula is C16H12Cl3NO. The van der Waals surface area contributed by atoms with Gasteiger partial charge in [0, 0.05) is 23.6 Å². The number of rotatable bonds is 3. The van der Waals surface area contributed by atoms with E-state index in [4.69, 9.17) is 34.8 Å². The van der Waals surface area contributed by atoms with E-state index in [9.17, 15) is 5.21 Å². The van der Waals surface area contributed by atoms with Gasteiger partial charge in [0.1, 0.15) is 9.75 Å². The Morgan fingerprint density at radius 3 is 2.10 bits per heavy atom. The summed E-state index contributed by atoms with van der Waals surface area (Å²) in [6, 6.07) is 16.3. The summed E-state index contributed by atoms with van der Waals surface area (Å²) in [5.74, 6) is 0. The maximum Gasteiger partial charge on any atom is 0.216 e. The highest BCUT2D eigenvalue weighted by Gasteiger charge is 2.69. The molecule has 1 aliphatic rings. The van der Waals surface area contributed by atoms with Crippen LogP contribution >= 0.6 is 34.8 Å². The Labute approximate surface area is 138 Å². The van der Waals surface area contributed by atoms with Gasteiger partial charge in [-0.05, 0) is 17.7 Å². The molecule has 1 atom stereocenters. The molecule has 21 heavy (non-hydrogen) atoms. The first-order valence-electron chi connectivity index (χ1n) is 6.46. The fraction of sp³-hybridized carbons (Fsp3) is 0.188. The first-order chi connectivity index (χ1) is 9.95. The number of nitrogens with zero attached hydrogens (tertiary/aromatic N) is 1. The molecule has 5 heteroatoms. The van der Waals surface area contributed by atoms with E-state index < -0.39 is 9.75 Å². The Balaban J connectivity index is 2.01. The van der Waals surface area contributed by atoms with Crippen molar-refractivity contribution in [3.05, 3.63) is 70.4 Å². The van der Waals surface area contributed by atoms with Crippen LogP contribution in [-0.4, -0.2) is 15.3 Å². The van der Waals surface area contributed by atoms with Crippen LogP contribution in [0.15, 0.2) is 54.6 Å². The van der Waals surface area contributed by atoms with Crippen molar-refractivity contribution in [3.8, 4) is 0 Å². The summed E-state index contributed by atoms with van der Waals surface area (Å²) >= 11 is 18.4. The molecule has 2 nitrogen and oxygen atoms in total. The van der Waals surface area contributed by atoms with E-state index in [2.05, 4.69) is 0 Å². The summed E-state index contributed by atoms with van der Waals surface area (Å²) in [5.41, 5.74) is 0.772. The number of hydrogen-bond acceptors (Lipinski definition) is 1. The van der Waals surface area contributed by atoms with Crippen molar-refractivity contribution in [2.45, 2.75) is 16.2 Å². The van der Waals surface area contributed by atoms with Gasteiger partial charge in [0.2, 0.25) is 5.69 Å². The summed E-state index contributed by atoms with van der Waals surface area (Å²) in [6.07, 6.45) is 2.06. The lowest BCUT2D eigenvalue weighted by molar-refractivity contribution is -0.357. The first-order valence-corrected chi connectivity index (χ1v) is 7.59. The highest BCUT2D eigenvalue weighted by molar-refractivity contribution is 6.53. The molecular weight excluding hydrogens is 329 g/mol. The molecule has 108 valence electrons.